The van der Waals surface area contributed by atoms with Gasteiger partial charge < -0.3 is 14.7 Å². The van der Waals surface area contributed by atoms with E-state index in [1.165, 1.54) is 11.8 Å². The van der Waals surface area contributed by atoms with Crippen molar-refractivity contribution in [3.05, 3.63) is 51.3 Å². The lowest BCUT2D eigenvalue weighted by atomic mass is 10.2. The van der Waals surface area contributed by atoms with E-state index in [9.17, 15) is 4.79 Å². The Bertz CT molecular complexity index is 1190. The smallest absolute Gasteiger partial charge is 0.350 e. The van der Waals surface area contributed by atoms with Crippen molar-refractivity contribution in [1.29, 1.82) is 0 Å². The summed E-state index contributed by atoms with van der Waals surface area (Å²) in [5.74, 6) is 0.422. The Labute approximate surface area is 170 Å². The minimum atomic E-state index is -0.564. The van der Waals surface area contributed by atoms with E-state index in [4.69, 9.17) is 16.0 Å². The van der Waals surface area contributed by atoms with Crippen LogP contribution in [0.1, 0.15) is 25.0 Å². The predicted molar refractivity (Wildman–Crippen MR) is 114 cm³/mol. The van der Waals surface area contributed by atoms with Crippen LogP contribution >= 0.6 is 23.4 Å². The molecular formula is C19H20ClN5O2S. The largest absolute Gasteiger partial charge is 0.410 e. The van der Waals surface area contributed by atoms with Crippen LogP contribution in [0.2, 0.25) is 5.22 Å². The number of nitrogens with zero attached hydrogens (tertiary/aromatic N) is 3. The van der Waals surface area contributed by atoms with E-state index >= 15 is 0 Å². The molecule has 7 nitrogen and oxygen atoms in total. The average molecular weight is 418 g/mol. The SMILES string of the molecule is CC.CSc1nc(NCc2c[nH]c3ncccc23)c2c(=O)oc(Cl)c(C)c2n1. The standard InChI is InChI=1S/C17H14ClN5O2S.C2H6/c1-8-12-11(16(24)25-13(8)18)15(23-17(22-12)26-2)21-7-9-6-20-14-10(9)4-3-5-19-14;1-2/h3-6H,7H2,1-2H3,(H,19,20)(H,21,22,23);1-2H3. The summed E-state index contributed by atoms with van der Waals surface area (Å²) in [5, 5.41) is 5.12. The molecule has 0 aliphatic heterocycles. The number of aryl methyl sites for hydroxylation is 1. The van der Waals surface area contributed by atoms with Crippen molar-refractivity contribution in [3.63, 3.8) is 0 Å². The maximum absolute atomic E-state index is 12.4. The molecule has 4 rings (SSSR count). The molecule has 0 fully saturated rings. The normalized spacial score (nSPS) is 10.8. The highest BCUT2D eigenvalue weighted by Gasteiger charge is 2.17. The van der Waals surface area contributed by atoms with Crippen molar-refractivity contribution in [2.45, 2.75) is 32.5 Å². The Balaban J connectivity index is 0.00000109. The number of anilines is 1. The Morgan fingerprint density at radius 2 is 2.11 bits per heavy atom. The van der Waals surface area contributed by atoms with Gasteiger partial charge in [-0.15, -0.1) is 0 Å². The predicted octanol–water partition coefficient (Wildman–Crippen LogP) is 4.78. The summed E-state index contributed by atoms with van der Waals surface area (Å²) in [6.07, 6.45) is 5.49. The first-order chi connectivity index (χ1) is 13.6. The summed E-state index contributed by atoms with van der Waals surface area (Å²) in [7, 11) is 0. The fraction of sp³-hybridized carbons (Fsp3) is 0.263. The zero-order valence-corrected chi connectivity index (χ0v) is 17.5. The van der Waals surface area contributed by atoms with Crippen LogP contribution in [0.25, 0.3) is 21.9 Å². The van der Waals surface area contributed by atoms with Crippen LogP contribution in [0, 0.1) is 6.92 Å². The molecule has 0 saturated heterocycles. The monoisotopic (exact) mass is 417 g/mol. The van der Waals surface area contributed by atoms with Crippen LogP contribution < -0.4 is 10.9 Å². The van der Waals surface area contributed by atoms with E-state index < -0.39 is 5.63 Å². The number of pyridine rings is 1. The Kier molecular flexibility index (Phi) is 6.21. The van der Waals surface area contributed by atoms with Crippen LogP contribution in [0.4, 0.5) is 5.82 Å². The summed E-state index contributed by atoms with van der Waals surface area (Å²) in [4.78, 5) is 28.6. The number of nitrogens with one attached hydrogen (secondary N) is 2. The molecule has 0 saturated carbocycles. The fourth-order valence-corrected chi connectivity index (χ4v) is 3.29. The number of fused-ring (bicyclic) bond motifs is 2. The number of rotatable bonds is 4. The third-order valence-electron chi connectivity index (χ3n) is 4.09. The van der Waals surface area contributed by atoms with Gasteiger partial charge >= 0.3 is 5.63 Å². The van der Waals surface area contributed by atoms with Gasteiger partial charge in [-0.05, 0) is 42.5 Å². The Morgan fingerprint density at radius 3 is 2.86 bits per heavy atom. The minimum absolute atomic E-state index is 0.0434. The maximum atomic E-state index is 12.4. The molecule has 0 unspecified atom stereocenters. The van der Waals surface area contributed by atoms with Crippen molar-refractivity contribution in [2.24, 2.45) is 0 Å². The first kappa shape index (κ1) is 20.2. The van der Waals surface area contributed by atoms with Gasteiger partial charge in [-0.2, -0.15) is 0 Å². The molecule has 28 heavy (non-hydrogen) atoms. The highest BCUT2D eigenvalue weighted by molar-refractivity contribution is 7.98. The molecule has 146 valence electrons. The molecule has 2 N–H and O–H groups in total. The van der Waals surface area contributed by atoms with Crippen LogP contribution in [0.5, 0.6) is 0 Å². The molecule has 0 amide bonds. The lowest BCUT2D eigenvalue weighted by molar-refractivity contribution is 0.517. The van der Waals surface area contributed by atoms with Gasteiger partial charge in [0.1, 0.15) is 16.9 Å². The van der Waals surface area contributed by atoms with Gasteiger partial charge in [-0.1, -0.05) is 25.6 Å². The molecule has 0 bridgehead atoms. The van der Waals surface area contributed by atoms with Gasteiger partial charge in [-0.3, -0.25) is 0 Å². The second-order valence-electron chi connectivity index (χ2n) is 5.64. The first-order valence-electron chi connectivity index (χ1n) is 8.78. The van der Waals surface area contributed by atoms with E-state index in [2.05, 4.69) is 25.3 Å². The molecule has 4 heterocycles. The second kappa shape index (κ2) is 8.62. The number of H-pyrrole nitrogens is 1. The van der Waals surface area contributed by atoms with Gasteiger partial charge in [0.15, 0.2) is 5.16 Å². The van der Waals surface area contributed by atoms with Crippen molar-refractivity contribution >= 4 is 51.1 Å². The van der Waals surface area contributed by atoms with Crippen LogP contribution in [-0.2, 0) is 6.54 Å². The van der Waals surface area contributed by atoms with Crippen LogP contribution in [0.15, 0.2) is 38.9 Å². The van der Waals surface area contributed by atoms with Gasteiger partial charge in [0, 0.05) is 29.9 Å². The van der Waals surface area contributed by atoms with Gasteiger partial charge in [0.2, 0.25) is 5.22 Å². The molecule has 9 heteroatoms. The number of aromatic amines is 1. The van der Waals surface area contributed by atoms with Crippen molar-refractivity contribution in [2.75, 3.05) is 11.6 Å². The van der Waals surface area contributed by atoms with E-state index in [1.807, 2.05) is 38.4 Å². The minimum Gasteiger partial charge on any atom is -0.410 e. The Morgan fingerprint density at radius 1 is 1.32 bits per heavy atom. The first-order valence-corrected chi connectivity index (χ1v) is 10.4. The third kappa shape index (κ3) is 3.70. The maximum Gasteiger partial charge on any atom is 0.350 e. The summed E-state index contributed by atoms with van der Waals surface area (Å²) >= 11 is 7.39. The topological polar surface area (TPSA) is 96.7 Å². The lowest BCUT2D eigenvalue weighted by Crippen LogP contribution is -2.11. The molecule has 0 spiro atoms. The zero-order chi connectivity index (χ0) is 20.3. The van der Waals surface area contributed by atoms with Crippen molar-refractivity contribution < 1.29 is 4.42 Å². The van der Waals surface area contributed by atoms with Gasteiger partial charge in [0.25, 0.3) is 0 Å². The molecule has 4 aromatic rings. The fourth-order valence-electron chi connectivity index (χ4n) is 2.76. The number of hydrogen-bond acceptors (Lipinski definition) is 7. The highest BCUT2D eigenvalue weighted by atomic mass is 35.5. The van der Waals surface area contributed by atoms with Crippen molar-refractivity contribution in [1.82, 2.24) is 19.9 Å². The summed E-state index contributed by atoms with van der Waals surface area (Å²) in [6, 6.07) is 3.87. The third-order valence-corrected chi connectivity index (χ3v) is 5.00. The lowest BCUT2D eigenvalue weighted by Gasteiger charge is -2.10. The molecule has 0 radical (unpaired) electrons. The van der Waals surface area contributed by atoms with Gasteiger partial charge in [-0.25, -0.2) is 19.7 Å². The zero-order valence-electron chi connectivity index (χ0n) is 16.0. The molecule has 0 atom stereocenters. The second-order valence-corrected chi connectivity index (χ2v) is 6.75. The average Bonchev–Trinajstić information content (AvgIpc) is 3.14. The Hall–Kier alpha value is -2.58. The van der Waals surface area contributed by atoms with E-state index in [1.54, 1.807) is 13.1 Å². The van der Waals surface area contributed by atoms with E-state index in [0.29, 0.717) is 34.0 Å². The van der Waals surface area contributed by atoms with Crippen LogP contribution in [-0.4, -0.2) is 26.2 Å². The summed E-state index contributed by atoms with van der Waals surface area (Å²) < 4.78 is 5.11. The van der Waals surface area contributed by atoms with Crippen LogP contribution in [0.3, 0.4) is 0 Å². The summed E-state index contributed by atoms with van der Waals surface area (Å²) in [6.45, 7) is 6.23. The summed E-state index contributed by atoms with van der Waals surface area (Å²) in [5.41, 5.74) is 2.36. The van der Waals surface area contributed by atoms with E-state index in [0.717, 1.165) is 16.6 Å². The number of halogens is 1. The molecular weight excluding hydrogens is 398 g/mol. The molecule has 0 aliphatic rings. The molecule has 0 aromatic carbocycles. The number of hydrogen-bond donors (Lipinski definition) is 2. The number of thioether (sulfide) groups is 1. The quantitative estimate of drug-likeness (QED) is 0.364. The number of aromatic nitrogens is 4. The molecule has 0 aliphatic carbocycles. The van der Waals surface area contributed by atoms with Crippen molar-refractivity contribution in [3.8, 4) is 0 Å². The van der Waals surface area contributed by atoms with E-state index in [-0.39, 0.29) is 5.22 Å². The van der Waals surface area contributed by atoms with Gasteiger partial charge in [0.05, 0.1) is 5.52 Å². The molecule has 4 aromatic heterocycles. The highest BCUT2D eigenvalue weighted by Crippen LogP contribution is 2.27.